The largest absolute Gasteiger partial charge is 0.460 e. The van der Waals surface area contributed by atoms with E-state index in [2.05, 4.69) is 26.0 Å². The Kier molecular flexibility index (Phi) is 10.2. The molecule has 1 saturated heterocycles. The van der Waals surface area contributed by atoms with E-state index in [0.717, 1.165) is 6.42 Å². The first kappa shape index (κ1) is 26.3. The van der Waals surface area contributed by atoms with Gasteiger partial charge in [0, 0.05) is 19.1 Å². The standard InChI is InChI=1S/C26H40O6/c1-18(2)16-30-24-19(3)31-25(28)21(15-23(27)32-26(4,5)6)12-13-29-17-22(24)14-20-10-8-7-9-11-20/h7-11,18-19,21-22,24H,12-17H2,1-6H3/t19-,21+,22-,24-/m0/s1. The summed E-state index contributed by atoms with van der Waals surface area (Å²) in [5.74, 6) is -0.999. The van der Waals surface area contributed by atoms with Crippen molar-refractivity contribution >= 4 is 11.9 Å². The van der Waals surface area contributed by atoms with Crippen molar-refractivity contribution in [1.29, 1.82) is 0 Å². The van der Waals surface area contributed by atoms with Crippen LogP contribution in [0.1, 0.15) is 59.9 Å². The zero-order valence-electron chi connectivity index (χ0n) is 20.5. The minimum atomic E-state index is -0.596. The molecule has 0 unspecified atom stereocenters. The van der Waals surface area contributed by atoms with Gasteiger partial charge in [0.05, 0.1) is 25.0 Å². The van der Waals surface area contributed by atoms with Gasteiger partial charge in [-0.3, -0.25) is 9.59 Å². The van der Waals surface area contributed by atoms with E-state index in [1.54, 1.807) is 0 Å². The highest BCUT2D eigenvalue weighted by atomic mass is 16.6. The van der Waals surface area contributed by atoms with Crippen molar-refractivity contribution in [2.24, 2.45) is 17.8 Å². The van der Waals surface area contributed by atoms with Crippen molar-refractivity contribution < 1.29 is 28.5 Å². The molecule has 180 valence electrons. The van der Waals surface area contributed by atoms with Crippen LogP contribution in [-0.4, -0.2) is 49.6 Å². The van der Waals surface area contributed by atoms with E-state index in [4.69, 9.17) is 18.9 Å². The van der Waals surface area contributed by atoms with E-state index < -0.39 is 29.6 Å². The first-order valence-electron chi connectivity index (χ1n) is 11.7. The molecular weight excluding hydrogens is 408 g/mol. The van der Waals surface area contributed by atoms with Crippen molar-refractivity contribution in [1.82, 2.24) is 0 Å². The maximum atomic E-state index is 13.0. The molecule has 1 aliphatic heterocycles. The molecule has 1 fully saturated rings. The summed E-state index contributed by atoms with van der Waals surface area (Å²) in [5, 5.41) is 0. The quantitative estimate of drug-likeness (QED) is 0.569. The van der Waals surface area contributed by atoms with E-state index in [-0.39, 0.29) is 18.4 Å². The molecule has 0 spiro atoms. The first-order valence-corrected chi connectivity index (χ1v) is 11.7. The number of esters is 2. The van der Waals surface area contributed by atoms with Crippen molar-refractivity contribution in [3.63, 3.8) is 0 Å². The van der Waals surface area contributed by atoms with E-state index >= 15 is 0 Å². The number of ether oxygens (including phenoxy) is 4. The predicted molar refractivity (Wildman–Crippen MR) is 123 cm³/mol. The highest BCUT2D eigenvalue weighted by Crippen LogP contribution is 2.25. The van der Waals surface area contributed by atoms with Crippen LogP contribution in [0.25, 0.3) is 0 Å². The SMILES string of the molecule is CC(C)CO[C@@H]1[C@@H](Cc2ccccc2)COCC[C@H](CC(=O)OC(C)(C)C)C(=O)O[C@H]1C. The fourth-order valence-corrected chi connectivity index (χ4v) is 3.84. The summed E-state index contributed by atoms with van der Waals surface area (Å²) in [6.07, 6.45) is 0.407. The highest BCUT2D eigenvalue weighted by Gasteiger charge is 2.35. The Bertz CT molecular complexity index is 709. The van der Waals surface area contributed by atoms with Gasteiger partial charge in [-0.15, -0.1) is 0 Å². The number of hydrogen-bond donors (Lipinski definition) is 0. The molecule has 6 heteroatoms. The van der Waals surface area contributed by atoms with Crippen molar-refractivity contribution in [3.05, 3.63) is 35.9 Å². The Balaban J connectivity index is 2.14. The zero-order chi connectivity index (χ0) is 23.7. The van der Waals surface area contributed by atoms with Crippen LogP contribution < -0.4 is 0 Å². The van der Waals surface area contributed by atoms with Crippen LogP contribution >= 0.6 is 0 Å². The van der Waals surface area contributed by atoms with Gasteiger partial charge >= 0.3 is 11.9 Å². The topological polar surface area (TPSA) is 71.1 Å². The van der Waals surface area contributed by atoms with Gasteiger partial charge in [0.15, 0.2) is 0 Å². The lowest BCUT2D eigenvalue weighted by Crippen LogP contribution is -2.43. The monoisotopic (exact) mass is 448 g/mol. The summed E-state index contributed by atoms with van der Waals surface area (Å²) in [6.45, 7) is 12.9. The molecule has 0 saturated carbocycles. The number of benzene rings is 1. The van der Waals surface area contributed by atoms with Crippen LogP contribution in [-0.2, 0) is 35.0 Å². The van der Waals surface area contributed by atoms with Gasteiger partial charge in [-0.25, -0.2) is 0 Å². The summed E-state index contributed by atoms with van der Waals surface area (Å²) >= 11 is 0. The Morgan fingerprint density at radius 3 is 2.50 bits per heavy atom. The molecule has 1 aromatic rings. The van der Waals surface area contributed by atoms with Crippen LogP contribution in [0, 0.1) is 17.8 Å². The zero-order valence-corrected chi connectivity index (χ0v) is 20.5. The molecule has 0 bridgehead atoms. The van der Waals surface area contributed by atoms with E-state index in [9.17, 15) is 9.59 Å². The van der Waals surface area contributed by atoms with E-state index in [1.807, 2.05) is 45.9 Å². The molecule has 0 N–H and O–H groups in total. The highest BCUT2D eigenvalue weighted by molar-refractivity contribution is 5.80. The van der Waals surface area contributed by atoms with Crippen molar-refractivity contribution in [3.8, 4) is 0 Å². The van der Waals surface area contributed by atoms with Crippen LogP contribution in [0.2, 0.25) is 0 Å². The lowest BCUT2D eigenvalue weighted by molar-refractivity contribution is -0.174. The Labute approximate surface area is 193 Å². The van der Waals surface area contributed by atoms with Gasteiger partial charge in [-0.2, -0.15) is 0 Å². The molecule has 0 radical (unpaired) electrons. The Morgan fingerprint density at radius 2 is 1.88 bits per heavy atom. The molecule has 32 heavy (non-hydrogen) atoms. The third-order valence-electron chi connectivity index (χ3n) is 5.30. The van der Waals surface area contributed by atoms with Crippen LogP contribution in [0.3, 0.4) is 0 Å². The first-order chi connectivity index (χ1) is 15.0. The Morgan fingerprint density at radius 1 is 1.19 bits per heavy atom. The number of hydrogen-bond acceptors (Lipinski definition) is 6. The fourth-order valence-electron chi connectivity index (χ4n) is 3.84. The second kappa shape index (κ2) is 12.4. The third-order valence-corrected chi connectivity index (χ3v) is 5.30. The number of carbonyl (C=O) groups is 2. The van der Waals surface area contributed by atoms with Gasteiger partial charge in [-0.05, 0) is 52.0 Å². The van der Waals surface area contributed by atoms with Gasteiger partial charge in [0.25, 0.3) is 0 Å². The number of rotatable bonds is 7. The molecule has 6 nitrogen and oxygen atoms in total. The van der Waals surface area contributed by atoms with Crippen LogP contribution in [0.4, 0.5) is 0 Å². The van der Waals surface area contributed by atoms with Crippen molar-refractivity contribution in [2.45, 2.75) is 78.6 Å². The molecule has 4 atom stereocenters. The minimum absolute atomic E-state index is 0.0167. The van der Waals surface area contributed by atoms with Crippen LogP contribution in [0.15, 0.2) is 30.3 Å². The van der Waals surface area contributed by atoms with Gasteiger partial charge < -0.3 is 18.9 Å². The molecular formula is C26H40O6. The summed E-state index contributed by atoms with van der Waals surface area (Å²) in [6, 6.07) is 10.2. The summed E-state index contributed by atoms with van der Waals surface area (Å²) in [5.41, 5.74) is 0.596. The van der Waals surface area contributed by atoms with E-state index in [1.165, 1.54) is 5.56 Å². The minimum Gasteiger partial charge on any atom is -0.460 e. The molecule has 0 amide bonds. The van der Waals surface area contributed by atoms with Gasteiger partial charge in [0.1, 0.15) is 11.7 Å². The number of cyclic esters (lactones) is 1. The molecule has 1 aliphatic rings. The Hall–Kier alpha value is -1.92. The lowest BCUT2D eigenvalue weighted by atomic mass is 9.91. The second-order valence-corrected chi connectivity index (χ2v) is 10.1. The number of carbonyl (C=O) groups excluding carboxylic acids is 2. The average Bonchev–Trinajstić information content (AvgIpc) is 2.68. The maximum Gasteiger partial charge on any atom is 0.309 e. The van der Waals surface area contributed by atoms with Gasteiger partial charge in [-0.1, -0.05) is 44.2 Å². The smallest absolute Gasteiger partial charge is 0.309 e. The van der Waals surface area contributed by atoms with Crippen LogP contribution in [0.5, 0.6) is 0 Å². The maximum absolute atomic E-state index is 13.0. The molecule has 1 heterocycles. The predicted octanol–water partition coefficient (Wildman–Crippen LogP) is 4.59. The summed E-state index contributed by atoms with van der Waals surface area (Å²) < 4.78 is 23.5. The summed E-state index contributed by atoms with van der Waals surface area (Å²) in [4.78, 5) is 25.3. The molecule has 0 aromatic heterocycles. The lowest BCUT2D eigenvalue weighted by Gasteiger charge is -2.34. The summed E-state index contributed by atoms with van der Waals surface area (Å²) in [7, 11) is 0. The molecule has 0 aliphatic carbocycles. The van der Waals surface area contributed by atoms with E-state index in [0.29, 0.717) is 32.2 Å². The normalized spacial score (nSPS) is 25.3. The third kappa shape index (κ3) is 9.29. The van der Waals surface area contributed by atoms with Gasteiger partial charge in [0.2, 0.25) is 0 Å². The average molecular weight is 449 g/mol. The molecule has 1 aromatic carbocycles. The van der Waals surface area contributed by atoms with Crippen molar-refractivity contribution in [2.75, 3.05) is 19.8 Å². The second-order valence-electron chi connectivity index (χ2n) is 10.1. The fraction of sp³-hybridized carbons (Fsp3) is 0.692. The molecule has 2 rings (SSSR count).